The average Bonchev–Trinajstić information content (AvgIpc) is 3.07. The Morgan fingerprint density at radius 1 is 0.704 bits per heavy atom. The van der Waals surface area contributed by atoms with Crippen LogP contribution in [0.25, 0.3) is 6.08 Å². The van der Waals surface area contributed by atoms with E-state index < -0.39 is 84.7 Å². The number of carbonyl (C=O) groups is 1. The molecule has 0 radical (unpaired) electrons. The largest absolute Gasteiger partial charge is 1.00 e. The fraction of sp³-hybridized carbons (Fsp3) is 0. The quantitative estimate of drug-likeness (QED) is 0.0381. The SMILES string of the molecule is O=C1/C(=N\Nc2cc(S(=O)(=O)[O-])cc([N+](=O)[O-])c2O)C(S(=O)(=O)[O-])=Cc2ccc(N/N=c3\ccc(=O)/c(=N/Nc4ccc([N+](=O)[O-])cc4)c3=O)cc21.[Na+].[Na+]. The van der Waals surface area contributed by atoms with E-state index >= 15 is 0 Å². The number of nitrogens with zero attached hydrogens (tertiary/aromatic N) is 5. The van der Waals surface area contributed by atoms with Crippen molar-refractivity contribution < 1.29 is 105 Å². The molecule has 0 saturated heterocycles. The van der Waals surface area contributed by atoms with Gasteiger partial charge >= 0.3 is 64.8 Å². The van der Waals surface area contributed by atoms with Crippen molar-refractivity contribution in [1.29, 1.82) is 0 Å². The summed E-state index contributed by atoms with van der Waals surface area (Å²) in [6, 6.07) is 11.2. The number of carbonyl (C=O) groups excluding carboxylic acids is 1. The molecule has 22 nitrogen and oxygen atoms in total. The van der Waals surface area contributed by atoms with E-state index in [1.54, 1.807) is 0 Å². The maximum Gasteiger partial charge on any atom is 1.00 e. The monoisotopic (exact) mass is 798 g/mol. The van der Waals surface area contributed by atoms with Crippen LogP contribution in [0.1, 0.15) is 15.9 Å². The number of rotatable bonds is 10. The molecule has 0 atom stereocenters. The first-order valence-electron chi connectivity index (χ1n) is 13.7. The number of aromatic hydroxyl groups is 1. The Bertz CT molecular complexity index is 2750. The molecular weight excluding hydrogens is 782 g/mol. The van der Waals surface area contributed by atoms with Crippen LogP contribution in [0.5, 0.6) is 5.75 Å². The Morgan fingerprint density at radius 3 is 1.93 bits per heavy atom. The summed E-state index contributed by atoms with van der Waals surface area (Å²) >= 11 is 0. The molecule has 4 aromatic rings. The van der Waals surface area contributed by atoms with E-state index in [0.717, 1.165) is 36.4 Å². The number of phenolic OH excluding ortho intramolecular Hbond substituents is 1. The minimum atomic E-state index is -5.45. The number of Topliss-reactive ketones (excluding diaryl/α,β-unsaturated/α-hetero) is 1. The number of anilines is 3. The predicted octanol–water partition coefficient (Wildman–Crippen LogP) is -5.88. The van der Waals surface area contributed by atoms with Crippen LogP contribution < -0.4 is 97.0 Å². The number of nitrogens with one attached hydrogen (secondary N) is 3. The molecule has 4 aromatic carbocycles. The van der Waals surface area contributed by atoms with Gasteiger partial charge in [-0.2, -0.15) is 15.3 Å². The standard InChI is InChI=1S/C28H18N8O14S2.2Na/c37-22-8-7-19(28(40)24(22)33-29-14-3-5-16(6-4-14)35(41)42)31-30-15-2-1-13-9-23(52(48,49)50)25(26(38)18(13)10-15)34-32-20-11-17(51(45,46)47)12-21(27(20)39)36(43)44;;/h1-12,29-30,32,39H,(H,45,46,47)(H,48,49,50);;/q;2*+1/p-2/b31-19+,33-24-,34-25-;;. The fourth-order valence-electron chi connectivity index (χ4n) is 4.41. The molecule has 0 spiro atoms. The number of hydrogen-bond donors (Lipinski definition) is 4. The van der Waals surface area contributed by atoms with Crippen molar-refractivity contribution >= 4 is 66.2 Å². The van der Waals surface area contributed by atoms with E-state index in [4.69, 9.17) is 0 Å². The second-order valence-electron chi connectivity index (χ2n) is 10.2. The Hall–Kier alpha value is -5.02. The summed E-state index contributed by atoms with van der Waals surface area (Å²) in [6.07, 6.45) is 0.760. The van der Waals surface area contributed by atoms with Gasteiger partial charge in [-0.05, 0) is 54.1 Å². The number of hydrazone groups is 1. The van der Waals surface area contributed by atoms with Gasteiger partial charge < -0.3 is 14.2 Å². The number of benzene rings is 4. The molecule has 5 rings (SSSR count). The van der Waals surface area contributed by atoms with Crippen LogP contribution in [0, 0.1) is 20.2 Å². The van der Waals surface area contributed by atoms with Gasteiger partial charge in [0.1, 0.15) is 37.0 Å². The van der Waals surface area contributed by atoms with E-state index in [9.17, 15) is 65.7 Å². The van der Waals surface area contributed by atoms with Crippen LogP contribution in [-0.4, -0.2) is 52.4 Å². The van der Waals surface area contributed by atoms with E-state index in [1.165, 1.54) is 24.3 Å². The molecule has 1 aliphatic rings. The second kappa shape index (κ2) is 17.0. The van der Waals surface area contributed by atoms with Crippen molar-refractivity contribution in [3.63, 3.8) is 0 Å². The van der Waals surface area contributed by atoms with Gasteiger partial charge in [0.2, 0.25) is 22.4 Å². The van der Waals surface area contributed by atoms with Gasteiger partial charge in [0.25, 0.3) is 5.69 Å². The topological polar surface area (TPSA) is 345 Å². The third-order valence-corrected chi connectivity index (χ3v) is 8.56. The Balaban J connectivity index is 0.00000392. The molecule has 0 aliphatic heterocycles. The number of allylic oxidation sites excluding steroid dienone is 1. The van der Waals surface area contributed by atoms with Crippen LogP contribution in [0.4, 0.5) is 28.4 Å². The smallest absolute Gasteiger partial charge is 0.744 e. The van der Waals surface area contributed by atoms with Crippen molar-refractivity contribution in [3.05, 3.63) is 134 Å². The van der Waals surface area contributed by atoms with Gasteiger partial charge in [-0.3, -0.25) is 50.9 Å². The number of phenols is 1. The number of non-ortho nitro benzene ring substituents is 1. The minimum absolute atomic E-state index is 0. The molecule has 26 heteroatoms. The normalized spacial score (nSPS) is 13.9. The summed E-state index contributed by atoms with van der Waals surface area (Å²) in [4.78, 5) is 56.6. The summed E-state index contributed by atoms with van der Waals surface area (Å²) in [5.41, 5.74) is 1.36. The van der Waals surface area contributed by atoms with E-state index in [2.05, 4.69) is 26.2 Å². The summed E-state index contributed by atoms with van der Waals surface area (Å²) in [5.74, 6) is -2.49. The molecule has 0 amide bonds. The van der Waals surface area contributed by atoms with Crippen LogP contribution in [0.3, 0.4) is 0 Å². The number of nitro benzene ring substituents is 2. The molecule has 0 bridgehead atoms. The summed E-state index contributed by atoms with van der Waals surface area (Å²) in [7, 11) is -10.8. The van der Waals surface area contributed by atoms with E-state index in [-0.39, 0.29) is 98.7 Å². The fourth-order valence-corrected chi connectivity index (χ4v) is 5.58. The minimum Gasteiger partial charge on any atom is -0.744 e. The Morgan fingerprint density at radius 2 is 1.33 bits per heavy atom. The van der Waals surface area contributed by atoms with Crippen LogP contribution in [0.15, 0.2) is 101 Å². The molecule has 0 saturated carbocycles. The zero-order valence-corrected chi connectivity index (χ0v) is 32.9. The van der Waals surface area contributed by atoms with E-state index in [0.29, 0.717) is 6.07 Å². The summed E-state index contributed by atoms with van der Waals surface area (Å²) in [6.45, 7) is 0. The molecule has 0 aromatic heterocycles. The third-order valence-electron chi connectivity index (χ3n) is 6.89. The Labute approximate surface area is 344 Å². The van der Waals surface area contributed by atoms with Crippen molar-refractivity contribution in [2.75, 3.05) is 16.3 Å². The van der Waals surface area contributed by atoms with Crippen LogP contribution >= 0.6 is 0 Å². The maximum atomic E-state index is 13.5. The maximum absolute atomic E-state index is 13.5. The van der Waals surface area contributed by atoms with Crippen molar-refractivity contribution in [2.24, 2.45) is 15.3 Å². The van der Waals surface area contributed by atoms with Gasteiger partial charge in [0, 0.05) is 23.8 Å². The summed E-state index contributed by atoms with van der Waals surface area (Å²) < 4.78 is 70.7. The van der Waals surface area contributed by atoms with E-state index in [1.807, 2.05) is 5.43 Å². The van der Waals surface area contributed by atoms with Gasteiger partial charge in [-0.25, -0.2) is 16.8 Å². The first-order chi connectivity index (χ1) is 24.3. The average molecular weight is 799 g/mol. The molecule has 0 heterocycles. The van der Waals surface area contributed by atoms with Crippen molar-refractivity contribution in [1.82, 2.24) is 0 Å². The van der Waals surface area contributed by atoms with Crippen molar-refractivity contribution in [2.45, 2.75) is 4.90 Å². The summed E-state index contributed by atoms with van der Waals surface area (Å²) in [5, 5.41) is 42.6. The first kappa shape index (κ1) is 43.4. The van der Waals surface area contributed by atoms with Gasteiger partial charge in [0.15, 0.2) is 5.36 Å². The molecular formula is C28H16N8Na2O14S2. The molecule has 54 heavy (non-hydrogen) atoms. The molecule has 0 fully saturated rings. The number of fused-ring (bicyclic) bond motifs is 1. The molecule has 266 valence electrons. The molecule has 4 N–H and O–H groups in total. The molecule has 0 unspecified atom stereocenters. The van der Waals surface area contributed by atoms with Crippen LogP contribution in [-0.2, 0) is 20.2 Å². The first-order valence-corrected chi connectivity index (χ1v) is 16.5. The zero-order chi connectivity index (χ0) is 38.1. The third kappa shape index (κ3) is 9.55. The van der Waals surface area contributed by atoms with Gasteiger partial charge in [-0.1, -0.05) is 6.07 Å². The molecule has 1 aliphatic carbocycles. The number of nitro groups is 2. The Kier molecular flexibility index (Phi) is 13.6. The predicted molar refractivity (Wildman–Crippen MR) is 175 cm³/mol. The van der Waals surface area contributed by atoms with Gasteiger partial charge in [-0.15, -0.1) is 0 Å². The number of hydrogen-bond acceptors (Lipinski definition) is 20. The zero-order valence-electron chi connectivity index (χ0n) is 27.2. The van der Waals surface area contributed by atoms with Gasteiger partial charge in [0.05, 0.1) is 31.0 Å². The van der Waals surface area contributed by atoms with Crippen LogP contribution in [0.2, 0.25) is 0 Å². The second-order valence-corrected chi connectivity index (χ2v) is 13.0. The van der Waals surface area contributed by atoms with Crippen molar-refractivity contribution in [3.8, 4) is 5.75 Å². The number of ketones is 1.